The van der Waals surface area contributed by atoms with Crippen molar-refractivity contribution in [3.05, 3.63) is 63.4 Å². The molecule has 0 bridgehead atoms. The fourth-order valence-corrected chi connectivity index (χ4v) is 4.16. The second-order valence-corrected chi connectivity index (χ2v) is 8.05. The summed E-state index contributed by atoms with van der Waals surface area (Å²) in [5, 5.41) is -0.134. The number of halogens is 2. The Balaban J connectivity index is 1.99. The predicted molar refractivity (Wildman–Crippen MR) is 93.1 cm³/mol. The summed E-state index contributed by atoms with van der Waals surface area (Å²) < 4.78 is 45.0. The summed E-state index contributed by atoms with van der Waals surface area (Å²) in [5.41, 5.74) is 1.14. The molecule has 0 spiro atoms. The van der Waals surface area contributed by atoms with Crippen LogP contribution in [0.5, 0.6) is 0 Å². The molecule has 0 atom stereocenters. The zero-order chi connectivity index (χ0) is 18.2. The predicted octanol–water partition coefficient (Wildman–Crippen LogP) is 3.77. The number of hydrogen-bond donors (Lipinski definition) is 0. The van der Waals surface area contributed by atoms with Gasteiger partial charge in [0.25, 0.3) is 0 Å². The highest BCUT2D eigenvalue weighted by Gasteiger charge is 2.19. The average Bonchev–Trinajstić information content (AvgIpc) is 2.86. The van der Waals surface area contributed by atoms with Crippen LogP contribution in [0.1, 0.15) is 18.9 Å². The van der Waals surface area contributed by atoms with Gasteiger partial charge in [0.2, 0.25) is 0 Å². The van der Waals surface area contributed by atoms with E-state index in [-0.39, 0.29) is 21.3 Å². The van der Waals surface area contributed by atoms with Crippen LogP contribution in [0.3, 0.4) is 0 Å². The number of sulfone groups is 1. The van der Waals surface area contributed by atoms with Gasteiger partial charge in [0.1, 0.15) is 5.82 Å². The molecule has 0 aliphatic rings. The van der Waals surface area contributed by atoms with Gasteiger partial charge >= 0.3 is 5.76 Å². The third-order valence-corrected chi connectivity index (χ3v) is 5.76. The molecular weight excluding hydrogens is 369 g/mol. The lowest BCUT2D eigenvalue weighted by Crippen LogP contribution is -2.13. The van der Waals surface area contributed by atoms with Crippen LogP contribution in [-0.2, 0) is 22.1 Å². The highest BCUT2D eigenvalue weighted by Crippen LogP contribution is 2.24. The standard InChI is InChI=1S/C17H15ClFNO4S/c1-2-7-20-15-6-4-12(9-16(15)24-17(20)21)25(22,23)10-11-3-5-14(19)13(18)8-11/h3-6,8-9H,2,7,10H2,1H3. The second-order valence-electron chi connectivity index (χ2n) is 5.66. The molecule has 3 rings (SSSR count). The molecule has 0 amide bonds. The second kappa shape index (κ2) is 6.65. The van der Waals surface area contributed by atoms with Crippen molar-refractivity contribution in [2.24, 2.45) is 0 Å². The SMILES string of the molecule is CCCn1c(=O)oc2cc(S(=O)(=O)Cc3ccc(F)c(Cl)c3)ccc21. The Morgan fingerprint density at radius 2 is 1.96 bits per heavy atom. The first-order valence-electron chi connectivity index (χ1n) is 7.62. The molecular formula is C17H15ClFNO4S. The summed E-state index contributed by atoms with van der Waals surface area (Å²) in [7, 11) is -3.70. The average molecular weight is 384 g/mol. The molecule has 3 aromatic rings. The van der Waals surface area contributed by atoms with Crippen LogP contribution in [0.15, 0.2) is 50.5 Å². The van der Waals surface area contributed by atoms with Crippen LogP contribution in [0.2, 0.25) is 5.02 Å². The number of nitrogens with zero attached hydrogens (tertiary/aromatic N) is 1. The van der Waals surface area contributed by atoms with E-state index in [0.717, 1.165) is 12.5 Å². The third-order valence-electron chi connectivity index (χ3n) is 3.79. The summed E-state index contributed by atoms with van der Waals surface area (Å²) in [6, 6.07) is 8.11. The van der Waals surface area contributed by atoms with Crippen molar-refractivity contribution >= 4 is 32.5 Å². The van der Waals surface area contributed by atoms with Crippen molar-refractivity contribution in [2.45, 2.75) is 30.5 Å². The van der Waals surface area contributed by atoms with Gasteiger partial charge in [-0.1, -0.05) is 24.6 Å². The first-order valence-corrected chi connectivity index (χ1v) is 9.65. The van der Waals surface area contributed by atoms with E-state index < -0.39 is 21.4 Å². The Morgan fingerprint density at radius 3 is 2.64 bits per heavy atom. The van der Waals surface area contributed by atoms with Gasteiger partial charge in [-0.05, 0) is 36.2 Å². The van der Waals surface area contributed by atoms with Gasteiger partial charge in [-0.2, -0.15) is 0 Å². The van der Waals surface area contributed by atoms with Crippen molar-refractivity contribution in [1.29, 1.82) is 0 Å². The van der Waals surface area contributed by atoms with Crippen LogP contribution in [-0.4, -0.2) is 13.0 Å². The quantitative estimate of drug-likeness (QED) is 0.672. The Bertz CT molecular complexity index is 1100. The van der Waals surface area contributed by atoms with Gasteiger partial charge < -0.3 is 4.42 Å². The van der Waals surface area contributed by atoms with Gasteiger partial charge in [0.15, 0.2) is 15.4 Å². The molecule has 0 N–H and O–H groups in total. The van der Waals surface area contributed by atoms with Crippen LogP contribution in [0.25, 0.3) is 11.1 Å². The molecule has 0 aliphatic heterocycles. The lowest BCUT2D eigenvalue weighted by atomic mass is 10.2. The van der Waals surface area contributed by atoms with Crippen molar-refractivity contribution in [2.75, 3.05) is 0 Å². The minimum absolute atomic E-state index is 0.0258. The maximum atomic E-state index is 13.2. The maximum Gasteiger partial charge on any atom is 0.419 e. The largest absolute Gasteiger partial charge is 0.419 e. The van der Waals surface area contributed by atoms with Gasteiger partial charge in [-0.15, -0.1) is 0 Å². The number of oxazole rings is 1. The lowest BCUT2D eigenvalue weighted by molar-refractivity contribution is 0.502. The van der Waals surface area contributed by atoms with Gasteiger partial charge in [0.05, 0.1) is 21.2 Å². The summed E-state index contributed by atoms with van der Waals surface area (Å²) in [4.78, 5) is 11.9. The van der Waals surface area contributed by atoms with E-state index in [1.807, 2.05) is 6.92 Å². The number of hydrogen-bond acceptors (Lipinski definition) is 4. The molecule has 8 heteroatoms. The lowest BCUT2D eigenvalue weighted by Gasteiger charge is -2.06. The first-order chi connectivity index (χ1) is 11.8. The number of aromatic nitrogens is 1. The molecule has 0 radical (unpaired) electrons. The molecule has 132 valence electrons. The Kier molecular flexibility index (Phi) is 4.71. The fraction of sp³-hybridized carbons (Fsp3) is 0.235. The zero-order valence-electron chi connectivity index (χ0n) is 13.3. The number of fused-ring (bicyclic) bond motifs is 1. The normalized spacial score (nSPS) is 12.0. The third kappa shape index (κ3) is 3.48. The minimum atomic E-state index is -3.70. The van der Waals surface area contributed by atoms with E-state index in [2.05, 4.69) is 0 Å². The molecule has 5 nitrogen and oxygen atoms in total. The number of benzene rings is 2. The Morgan fingerprint density at radius 1 is 1.20 bits per heavy atom. The van der Waals surface area contributed by atoms with E-state index in [0.29, 0.717) is 17.6 Å². The summed E-state index contributed by atoms with van der Waals surface area (Å²) in [5.74, 6) is -1.46. The highest BCUT2D eigenvalue weighted by molar-refractivity contribution is 7.90. The minimum Gasteiger partial charge on any atom is -0.408 e. The zero-order valence-corrected chi connectivity index (χ0v) is 14.9. The maximum absolute atomic E-state index is 13.2. The van der Waals surface area contributed by atoms with E-state index in [1.165, 1.54) is 28.8 Å². The van der Waals surface area contributed by atoms with Crippen molar-refractivity contribution in [3.63, 3.8) is 0 Å². The summed E-state index contributed by atoms with van der Waals surface area (Å²) >= 11 is 5.69. The summed E-state index contributed by atoms with van der Waals surface area (Å²) in [6.45, 7) is 2.42. The van der Waals surface area contributed by atoms with E-state index in [9.17, 15) is 17.6 Å². The first kappa shape index (κ1) is 17.7. The Labute approximate surface area is 148 Å². The molecule has 0 aliphatic carbocycles. The van der Waals surface area contributed by atoms with E-state index in [1.54, 1.807) is 6.07 Å². The number of rotatable bonds is 5. The van der Waals surface area contributed by atoms with Crippen LogP contribution in [0, 0.1) is 5.82 Å². The smallest absolute Gasteiger partial charge is 0.408 e. The van der Waals surface area contributed by atoms with Gasteiger partial charge in [-0.3, -0.25) is 4.57 Å². The monoisotopic (exact) mass is 383 g/mol. The van der Waals surface area contributed by atoms with Crippen LogP contribution < -0.4 is 5.76 Å². The van der Waals surface area contributed by atoms with E-state index in [4.69, 9.17) is 16.0 Å². The molecule has 2 aromatic carbocycles. The molecule has 0 saturated carbocycles. The molecule has 25 heavy (non-hydrogen) atoms. The topological polar surface area (TPSA) is 69.3 Å². The van der Waals surface area contributed by atoms with Crippen molar-refractivity contribution < 1.29 is 17.2 Å². The Hall–Kier alpha value is -2.12. The summed E-state index contributed by atoms with van der Waals surface area (Å²) in [6.07, 6.45) is 0.750. The fourth-order valence-electron chi connectivity index (χ4n) is 2.61. The van der Waals surface area contributed by atoms with Gasteiger partial charge in [0, 0.05) is 12.6 Å². The molecule has 1 aromatic heterocycles. The number of aryl methyl sites for hydroxylation is 1. The van der Waals surface area contributed by atoms with Gasteiger partial charge in [-0.25, -0.2) is 17.6 Å². The molecule has 1 heterocycles. The van der Waals surface area contributed by atoms with Crippen LogP contribution in [0.4, 0.5) is 4.39 Å². The van der Waals surface area contributed by atoms with E-state index >= 15 is 0 Å². The highest BCUT2D eigenvalue weighted by atomic mass is 35.5. The van der Waals surface area contributed by atoms with Crippen molar-refractivity contribution in [1.82, 2.24) is 4.57 Å². The molecule has 0 unspecified atom stereocenters. The van der Waals surface area contributed by atoms with Crippen molar-refractivity contribution in [3.8, 4) is 0 Å². The molecule has 0 saturated heterocycles. The molecule has 0 fully saturated rings. The van der Waals surface area contributed by atoms with Crippen LogP contribution >= 0.6 is 11.6 Å².